The molecule has 1 aromatic heterocycles. The number of halogens is 4. The molecule has 0 radical (unpaired) electrons. The van der Waals surface area contributed by atoms with Gasteiger partial charge < -0.3 is 4.42 Å². The Kier molecular flexibility index (Phi) is 2.51. The van der Waals surface area contributed by atoms with Gasteiger partial charge in [-0.2, -0.15) is 13.2 Å². The van der Waals surface area contributed by atoms with Crippen LogP contribution >= 0.6 is 15.9 Å². The van der Waals surface area contributed by atoms with Gasteiger partial charge in [0, 0.05) is 10.9 Å². The normalized spacial score (nSPS) is 12.1. The largest absolute Gasteiger partial charge is 0.456 e. The van der Waals surface area contributed by atoms with Gasteiger partial charge in [-0.1, -0.05) is 15.9 Å². The van der Waals surface area contributed by atoms with E-state index in [1.54, 1.807) is 0 Å². The van der Waals surface area contributed by atoms with Gasteiger partial charge in [-0.25, -0.2) is 0 Å². The van der Waals surface area contributed by atoms with Gasteiger partial charge in [0.1, 0.15) is 5.76 Å². The molecule has 0 N–H and O–H groups in total. The molecule has 0 atom stereocenters. The molecule has 0 aliphatic heterocycles. The third-order valence-corrected chi connectivity index (χ3v) is 1.94. The van der Waals surface area contributed by atoms with E-state index in [9.17, 15) is 13.2 Å². The highest BCUT2D eigenvalue weighted by Gasteiger charge is 2.37. The van der Waals surface area contributed by atoms with Crippen LogP contribution in [0.3, 0.4) is 0 Å². The van der Waals surface area contributed by atoms with Crippen LogP contribution in [0.1, 0.15) is 17.1 Å². The van der Waals surface area contributed by atoms with Crippen LogP contribution in [0, 0.1) is 6.92 Å². The molecular weight excluding hydrogens is 237 g/mol. The molecule has 0 saturated carbocycles. The standard InChI is InChI=1S/C7H6BrF3O/c1-4-2-5(3-8)6(12-4)7(9,10)11/h2H,3H2,1H3. The third kappa shape index (κ3) is 1.83. The zero-order valence-electron chi connectivity index (χ0n) is 6.20. The highest BCUT2D eigenvalue weighted by atomic mass is 79.9. The van der Waals surface area contributed by atoms with Crippen molar-refractivity contribution >= 4 is 15.9 Å². The Morgan fingerprint density at radius 3 is 2.42 bits per heavy atom. The number of hydrogen-bond donors (Lipinski definition) is 0. The second-order valence-corrected chi connectivity index (χ2v) is 2.90. The van der Waals surface area contributed by atoms with Gasteiger partial charge in [0.05, 0.1) is 0 Å². The maximum atomic E-state index is 12.1. The fourth-order valence-corrected chi connectivity index (χ4v) is 1.32. The van der Waals surface area contributed by atoms with E-state index in [0.29, 0.717) is 0 Å². The molecule has 12 heavy (non-hydrogen) atoms. The van der Waals surface area contributed by atoms with Crippen LogP contribution < -0.4 is 0 Å². The molecule has 0 unspecified atom stereocenters. The van der Waals surface area contributed by atoms with Crippen molar-refractivity contribution in [2.24, 2.45) is 0 Å². The molecule has 0 aromatic carbocycles. The summed E-state index contributed by atoms with van der Waals surface area (Å²) in [6.07, 6.45) is -4.39. The first-order valence-electron chi connectivity index (χ1n) is 3.17. The quantitative estimate of drug-likeness (QED) is 0.688. The van der Waals surface area contributed by atoms with Gasteiger partial charge in [-0.05, 0) is 13.0 Å². The molecule has 0 bridgehead atoms. The summed E-state index contributed by atoms with van der Waals surface area (Å²) in [5.41, 5.74) is 0.139. The highest BCUT2D eigenvalue weighted by molar-refractivity contribution is 9.08. The molecule has 1 heterocycles. The first kappa shape index (κ1) is 9.64. The minimum atomic E-state index is -4.39. The van der Waals surface area contributed by atoms with Crippen molar-refractivity contribution in [3.63, 3.8) is 0 Å². The van der Waals surface area contributed by atoms with E-state index in [4.69, 9.17) is 0 Å². The zero-order chi connectivity index (χ0) is 9.35. The predicted octanol–water partition coefficient (Wildman–Crippen LogP) is 3.50. The van der Waals surface area contributed by atoms with Crippen molar-refractivity contribution in [2.75, 3.05) is 0 Å². The lowest BCUT2D eigenvalue weighted by molar-refractivity contribution is -0.153. The Hall–Kier alpha value is -0.450. The molecule has 0 amide bonds. The van der Waals surface area contributed by atoms with Gasteiger partial charge in [-0.15, -0.1) is 0 Å². The van der Waals surface area contributed by atoms with Gasteiger partial charge in [0.15, 0.2) is 0 Å². The zero-order valence-corrected chi connectivity index (χ0v) is 7.79. The first-order chi connectivity index (χ1) is 5.45. The van der Waals surface area contributed by atoms with E-state index < -0.39 is 11.9 Å². The van der Waals surface area contributed by atoms with Crippen LogP contribution in [-0.2, 0) is 11.5 Å². The number of furan rings is 1. The monoisotopic (exact) mass is 242 g/mol. The van der Waals surface area contributed by atoms with E-state index in [0.717, 1.165) is 0 Å². The summed E-state index contributed by atoms with van der Waals surface area (Å²) in [5.74, 6) is -0.631. The van der Waals surface area contributed by atoms with E-state index in [1.807, 2.05) is 0 Å². The van der Waals surface area contributed by atoms with Crippen molar-refractivity contribution in [1.29, 1.82) is 0 Å². The molecule has 0 spiro atoms. The Labute approximate surface area is 75.7 Å². The summed E-state index contributed by atoms with van der Waals surface area (Å²) < 4.78 is 40.9. The Bertz CT molecular complexity index is 277. The van der Waals surface area contributed by atoms with Gasteiger partial charge in [0.25, 0.3) is 0 Å². The topological polar surface area (TPSA) is 13.1 Å². The van der Waals surface area contributed by atoms with Crippen LogP contribution in [-0.4, -0.2) is 0 Å². The molecule has 68 valence electrons. The number of aryl methyl sites for hydroxylation is 1. The second-order valence-electron chi connectivity index (χ2n) is 2.34. The van der Waals surface area contributed by atoms with E-state index in [-0.39, 0.29) is 16.7 Å². The minimum absolute atomic E-state index is 0.139. The van der Waals surface area contributed by atoms with Crippen molar-refractivity contribution in [3.8, 4) is 0 Å². The van der Waals surface area contributed by atoms with Crippen LogP contribution in [0.2, 0.25) is 0 Å². The third-order valence-electron chi connectivity index (χ3n) is 1.33. The molecule has 0 saturated heterocycles. The Morgan fingerprint density at radius 2 is 2.08 bits per heavy atom. The fraction of sp³-hybridized carbons (Fsp3) is 0.429. The van der Waals surface area contributed by atoms with Crippen LogP contribution in [0.4, 0.5) is 13.2 Å². The molecule has 1 nitrogen and oxygen atoms in total. The van der Waals surface area contributed by atoms with Gasteiger partial charge in [0.2, 0.25) is 5.76 Å². The van der Waals surface area contributed by atoms with Crippen LogP contribution in [0.15, 0.2) is 10.5 Å². The fourth-order valence-electron chi connectivity index (χ4n) is 0.906. The summed E-state index contributed by atoms with van der Waals surface area (Å²) in [7, 11) is 0. The Balaban J connectivity index is 3.13. The van der Waals surface area contributed by atoms with Crippen molar-refractivity contribution in [1.82, 2.24) is 0 Å². The van der Waals surface area contributed by atoms with Gasteiger partial charge >= 0.3 is 6.18 Å². The van der Waals surface area contributed by atoms with Crippen molar-refractivity contribution in [2.45, 2.75) is 18.4 Å². The summed E-state index contributed by atoms with van der Waals surface area (Å²) >= 11 is 2.95. The van der Waals surface area contributed by atoms with Crippen LogP contribution in [0.25, 0.3) is 0 Å². The molecule has 0 aliphatic carbocycles. The summed E-state index contributed by atoms with van der Waals surface area (Å²) in [6.45, 7) is 1.49. The molecular formula is C7H6BrF3O. The highest BCUT2D eigenvalue weighted by Crippen LogP contribution is 2.34. The summed E-state index contributed by atoms with van der Waals surface area (Å²) in [5, 5.41) is 0.152. The summed E-state index contributed by atoms with van der Waals surface area (Å²) in [4.78, 5) is 0. The van der Waals surface area contributed by atoms with E-state index >= 15 is 0 Å². The predicted molar refractivity (Wildman–Crippen MR) is 41.1 cm³/mol. The lowest BCUT2D eigenvalue weighted by atomic mass is 10.2. The minimum Gasteiger partial charge on any atom is -0.456 e. The molecule has 5 heteroatoms. The number of rotatable bonds is 1. The van der Waals surface area contributed by atoms with Crippen LogP contribution in [0.5, 0.6) is 0 Å². The number of hydrogen-bond acceptors (Lipinski definition) is 1. The first-order valence-corrected chi connectivity index (χ1v) is 4.29. The lowest BCUT2D eigenvalue weighted by Crippen LogP contribution is -2.05. The van der Waals surface area contributed by atoms with Gasteiger partial charge in [-0.3, -0.25) is 0 Å². The number of alkyl halides is 4. The second kappa shape index (κ2) is 3.12. The van der Waals surface area contributed by atoms with Crippen molar-refractivity contribution < 1.29 is 17.6 Å². The van der Waals surface area contributed by atoms with Crippen molar-refractivity contribution in [3.05, 3.63) is 23.2 Å². The molecule has 0 aliphatic rings. The maximum absolute atomic E-state index is 12.1. The molecule has 0 fully saturated rings. The SMILES string of the molecule is Cc1cc(CBr)c(C(F)(F)F)o1. The molecule has 1 aromatic rings. The average molecular weight is 243 g/mol. The maximum Gasteiger partial charge on any atom is 0.449 e. The van der Waals surface area contributed by atoms with E-state index in [1.165, 1.54) is 13.0 Å². The smallest absolute Gasteiger partial charge is 0.449 e. The lowest BCUT2D eigenvalue weighted by Gasteiger charge is -2.03. The summed E-state index contributed by atoms with van der Waals surface area (Å²) in [6, 6.07) is 1.37. The molecule has 1 rings (SSSR count). The Morgan fingerprint density at radius 1 is 1.50 bits per heavy atom. The average Bonchev–Trinajstić information content (AvgIpc) is 2.29. The van der Waals surface area contributed by atoms with E-state index in [2.05, 4.69) is 20.3 Å².